The van der Waals surface area contributed by atoms with Gasteiger partial charge in [-0.1, -0.05) is 36.4 Å². The molecule has 106 valence electrons. The van der Waals surface area contributed by atoms with Crippen LogP contribution in [0.1, 0.15) is 0 Å². The molecule has 4 rings (SSSR count). The van der Waals surface area contributed by atoms with Gasteiger partial charge < -0.3 is 4.98 Å². The van der Waals surface area contributed by atoms with Gasteiger partial charge in [0.25, 0.3) is 0 Å². The van der Waals surface area contributed by atoms with Gasteiger partial charge in [0.1, 0.15) is 11.6 Å². The molecule has 0 atom stereocenters. The minimum absolute atomic E-state index is 0.242. The van der Waals surface area contributed by atoms with Crippen molar-refractivity contribution in [1.82, 2.24) is 9.97 Å². The highest BCUT2D eigenvalue weighted by Gasteiger charge is 2.07. The summed E-state index contributed by atoms with van der Waals surface area (Å²) in [6.07, 6.45) is 1.85. The van der Waals surface area contributed by atoms with Crippen molar-refractivity contribution in [2.24, 2.45) is 0 Å². The van der Waals surface area contributed by atoms with Crippen molar-refractivity contribution in [2.75, 3.05) is 0 Å². The van der Waals surface area contributed by atoms with Gasteiger partial charge >= 0.3 is 0 Å². The molecule has 1 heterocycles. The predicted octanol–water partition coefficient (Wildman–Crippen LogP) is 5.04. The van der Waals surface area contributed by atoms with E-state index in [9.17, 15) is 4.39 Å². The van der Waals surface area contributed by atoms with Crippen LogP contribution in [0.3, 0.4) is 0 Å². The summed E-state index contributed by atoms with van der Waals surface area (Å²) in [5, 5.41) is 2.39. The molecule has 1 N–H and O–H groups in total. The SMILES string of the molecule is Fc1ccc(-c2c[nH]c(-c3ccc4ccccc4c3)n2)cc1. The van der Waals surface area contributed by atoms with E-state index in [2.05, 4.69) is 40.3 Å². The number of aromatic nitrogens is 2. The van der Waals surface area contributed by atoms with Crippen molar-refractivity contribution in [3.8, 4) is 22.6 Å². The number of H-pyrrole nitrogens is 1. The summed E-state index contributed by atoms with van der Waals surface area (Å²) in [5.74, 6) is 0.569. The maximum atomic E-state index is 13.0. The smallest absolute Gasteiger partial charge is 0.138 e. The summed E-state index contributed by atoms with van der Waals surface area (Å²) < 4.78 is 13.0. The second-order valence-corrected chi connectivity index (χ2v) is 5.20. The van der Waals surface area contributed by atoms with Gasteiger partial charge in [-0.2, -0.15) is 0 Å². The number of fused-ring (bicyclic) bond motifs is 1. The molecule has 0 bridgehead atoms. The lowest BCUT2D eigenvalue weighted by molar-refractivity contribution is 0.628. The van der Waals surface area contributed by atoms with Crippen LogP contribution < -0.4 is 0 Å². The summed E-state index contributed by atoms with van der Waals surface area (Å²) in [6, 6.07) is 20.8. The van der Waals surface area contributed by atoms with Crippen LogP contribution in [0.5, 0.6) is 0 Å². The number of hydrogen-bond donors (Lipinski definition) is 1. The number of aromatic amines is 1. The van der Waals surface area contributed by atoms with Gasteiger partial charge in [0.2, 0.25) is 0 Å². The van der Waals surface area contributed by atoms with E-state index in [4.69, 9.17) is 0 Å². The van der Waals surface area contributed by atoms with Crippen LogP contribution in [0, 0.1) is 5.82 Å². The molecule has 0 spiro atoms. The summed E-state index contributed by atoms with van der Waals surface area (Å²) in [4.78, 5) is 7.80. The Labute approximate surface area is 127 Å². The van der Waals surface area contributed by atoms with Gasteiger partial charge in [-0.25, -0.2) is 9.37 Å². The first-order valence-electron chi connectivity index (χ1n) is 7.10. The van der Waals surface area contributed by atoms with Crippen molar-refractivity contribution in [2.45, 2.75) is 0 Å². The molecule has 0 amide bonds. The minimum Gasteiger partial charge on any atom is -0.344 e. The van der Waals surface area contributed by atoms with Crippen molar-refractivity contribution in [3.63, 3.8) is 0 Å². The molecule has 22 heavy (non-hydrogen) atoms. The second kappa shape index (κ2) is 5.11. The summed E-state index contributed by atoms with van der Waals surface area (Å²) in [6.45, 7) is 0. The van der Waals surface area contributed by atoms with Gasteiger partial charge in [0, 0.05) is 17.3 Å². The topological polar surface area (TPSA) is 28.7 Å². The summed E-state index contributed by atoms with van der Waals surface area (Å²) >= 11 is 0. The molecular formula is C19H13FN2. The maximum absolute atomic E-state index is 13.0. The van der Waals surface area contributed by atoms with Crippen molar-refractivity contribution < 1.29 is 4.39 Å². The van der Waals surface area contributed by atoms with E-state index < -0.39 is 0 Å². The van der Waals surface area contributed by atoms with Crippen LogP contribution in [0.2, 0.25) is 0 Å². The Hall–Kier alpha value is -2.94. The van der Waals surface area contributed by atoms with Gasteiger partial charge in [0.15, 0.2) is 0 Å². The molecule has 3 heteroatoms. The molecule has 2 nitrogen and oxygen atoms in total. The molecular weight excluding hydrogens is 275 g/mol. The minimum atomic E-state index is -0.242. The molecule has 1 aromatic heterocycles. The van der Waals surface area contributed by atoms with Crippen molar-refractivity contribution in [1.29, 1.82) is 0 Å². The lowest BCUT2D eigenvalue weighted by Crippen LogP contribution is -1.82. The predicted molar refractivity (Wildman–Crippen MR) is 86.9 cm³/mol. The highest BCUT2D eigenvalue weighted by molar-refractivity contribution is 5.86. The van der Waals surface area contributed by atoms with Crippen LogP contribution in [-0.4, -0.2) is 9.97 Å². The summed E-state index contributed by atoms with van der Waals surface area (Å²) in [5.41, 5.74) is 2.74. The zero-order chi connectivity index (χ0) is 14.9. The number of nitrogens with one attached hydrogen (secondary N) is 1. The number of rotatable bonds is 2. The van der Waals surface area contributed by atoms with E-state index >= 15 is 0 Å². The van der Waals surface area contributed by atoms with Gasteiger partial charge in [0.05, 0.1) is 5.69 Å². The van der Waals surface area contributed by atoms with E-state index in [1.54, 1.807) is 12.1 Å². The fraction of sp³-hybridized carbons (Fsp3) is 0. The molecule has 4 aromatic rings. The number of halogens is 1. The first-order valence-corrected chi connectivity index (χ1v) is 7.10. The Morgan fingerprint density at radius 3 is 2.32 bits per heavy atom. The third-order valence-electron chi connectivity index (χ3n) is 3.74. The van der Waals surface area contributed by atoms with Crippen LogP contribution in [0.4, 0.5) is 4.39 Å². The van der Waals surface area contributed by atoms with Crippen molar-refractivity contribution >= 4 is 10.8 Å². The highest BCUT2D eigenvalue weighted by Crippen LogP contribution is 2.25. The number of imidazole rings is 1. The molecule has 0 unspecified atom stereocenters. The number of benzene rings is 3. The maximum Gasteiger partial charge on any atom is 0.138 e. The molecule has 0 saturated heterocycles. The first kappa shape index (κ1) is 12.8. The largest absolute Gasteiger partial charge is 0.344 e. The molecule has 0 aliphatic rings. The van der Waals surface area contributed by atoms with E-state index in [1.807, 2.05) is 18.3 Å². The van der Waals surface area contributed by atoms with Crippen LogP contribution in [0.15, 0.2) is 72.9 Å². The molecule has 3 aromatic carbocycles. The molecule has 0 fully saturated rings. The van der Waals surface area contributed by atoms with E-state index in [1.165, 1.54) is 22.9 Å². The number of hydrogen-bond acceptors (Lipinski definition) is 1. The number of nitrogens with zero attached hydrogens (tertiary/aromatic N) is 1. The molecule has 0 aliphatic heterocycles. The Morgan fingerprint density at radius 1 is 0.773 bits per heavy atom. The standard InChI is InChI=1S/C19H13FN2/c20-17-9-7-14(8-10-17)18-12-21-19(22-18)16-6-5-13-3-1-2-4-15(13)11-16/h1-12H,(H,21,22). The van der Waals surface area contributed by atoms with E-state index in [0.717, 1.165) is 22.6 Å². The van der Waals surface area contributed by atoms with Gasteiger partial charge in [-0.3, -0.25) is 0 Å². The Bertz CT molecular complexity index is 939. The Balaban J connectivity index is 1.74. The van der Waals surface area contributed by atoms with Crippen LogP contribution in [-0.2, 0) is 0 Å². The molecule has 0 saturated carbocycles. The Kier molecular flexibility index (Phi) is 2.97. The Morgan fingerprint density at radius 2 is 1.50 bits per heavy atom. The van der Waals surface area contributed by atoms with Crippen LogP contribution >= 0.6 is 0 Å². The monoisotopic (exact) mass is 288 g/mol. The van der Waals surface area contributed by atoms with E-state index in [0.29, 0.717) is 0 Å². The third kappa shape index (κ3) is 2.27. The average Bonchev–Trinajstić information content (AvgIpc) is 3.05. The van der Waals surface area contributed by atoms with Crippen LogP contribution in [0.25, 0.3) is 33.4 Å². The quantitative estimate of drug-likeness (QED) is 0.550. The zero-order valence-corrected chi connectivity index (χ0v) is 11.8. The van der Waals surface area contributed by atoms with Crippen molar-refractivity contribution in [3.05, 3.63) is 78.7 Å². The first-order chi connectivity index (χ1) is 10.8. The highest BCUT2D eigenvalue weighted by atomic mass is 19.1. The van der Waals surface area contributed by atoms with Gasteiger partial charge in [-0.05, 0) is 41.1 Å². The fourth-order valence-corrected chi connectivity index (χ4v) is 2.57. The summed E-state index contributed by atoms with van der Waals surface area (Å²) in [7, 11) is 0. The molecule has 0 aliphatic carbocycles. The van der Waals surface area contributed by atoms with Gasteiger partial charge in [-0.15, -0.1) is 0 Å². The third-order valence-corrected chi connectivity index (χ3v) is 3.74. The normalized spacial score (nSPS) is 11.0. The molecule has 0 radical (unpaired) electrons. The second-order valence-electron chi connectivity index (χ2n) is 5.20. The fourth-order valence-electron chi connectivity index (χ4n) is 2.57. The van der Waals surface area contributed by atoms with E-state index in [-0.39, 0.29) is 5.82 Å². The lowest BCUT2D eigenvalue weighted by Gasteiger charge is -2.01. The zero-order valence-electron chi connectivity index (χ0n) is 11.8. The average molecular weight is 288 g/mol. The lowest BCUT2D eigenvalue weighted by atomic mass is 10.1.